The highest BCUT2D eigenvalue weighted by molar-refractivity contribution is 6.10. The highest BCUT2D eigenvalue weighted by atomic mass is 16.3. The summed E-state index contributed by atoms with van der Waals surface area (Å²) in [6.07, 6.45) is 1.49. The van der Waals surface area contributed by atoms with Crippen LogP contribution in [0.2, 0.25) is 0 Å². The van der Waals surface area contributed by atoms with Gasteiger partial charge in [-0.15, -0.1) is 0 Å². The molecule has 4 heterocycles. The molecule has 0 aliphatic heterocycles. The van der Waals surface area contributed by atoms with Gasteiger partial charge in [0.2, 0.25) is 0 Å². The lowest BCUT2D eigenvalue weighted by Gasteiger charge is -2.14. The Bertz CT molecular complexity index is 2950. The highest BCUT2D eigenvalue weighted by Gasteiger charge is 2.22. The standard InChI is InChI=1S/C40H29N5O/c1-23-20-31(42-35(21-23)45-32-15-6-4-12-26(32)27-13-5-7-16-33(27)45)28-18-19-29(36-24(2)10-8-11-25(36)3)39-38(28)43-40-37-30(41-22-44(39)40)14-9-17-34(37)46/h4-22,46H,1-3H3/i1D3,2D3,3D3. The van der Waals surface area contributed by atoms with E-state index in [2.05, 4.69) is 4.98 Å². The van der Waals surface area contributed by atoms with Crippen molar-refractivity contribution < 1.29 is 17.4 Å². The average molecular weight is 605 g/mol. The van der Waals surface area contributed by atoms with Gasteiger partial charge in [0.25, 0.3) is 0 Å². The minimum absolute atomic E-state index is 0.00611. The summed E-state index contributed by atoms with van der Waals surface area (Å²) in [4.78, 5) is 14.7. The Morgan fingerprint density at radius 1 is 0.696 bits per heavy atom. The molecule has 0 fully saturated rings. The molecule has 0 unspecified atom stereocenters. The largest absolute Gasteiger partial charge is 0.507 e. The second-order valence-corrected chi connectivity index (χ2v) is 11.3. The number of fused-ring (bicyclic) bond motifs is 8. The molecule has 0 bridgehead atoms. The lowest BCUT2D eigenvalue weighted by molar-refractivity contribution is 0.481. The molecular weight excluding hydrogens is 566 g/mol. The summed E-state index contributed by atoms with van der Waals surface area (Å²) in [5, 5.41) is 13.3. The van der Waals surface area contributed by atoms with Crippen molar-refractivity contribution in [2.45, 2.75) is 20.6 Å². The SMILES string of the molecule is [2H]C([2H])([2H])c1cc(-c2ccc(-c3c(C([2H])([2H])[2H])cccc3C([2H])([2H])[2H])c3c2nc2c4c(O)cccc4ncn23)nc(-n2c3ccccc3c3ccccc32)c1. The summed E-state index contributed by atoms with van der Waals surface area (Å²) in [6, 6.07) is 31.0. The Hall–Kier alpha value is -6.01. The van der Waals surface area contributed by atoms with Crippen LogP contribution in [-0.4, -0.2) is 29.0 Å². The van der Waals surface area contributed by atoms with Gasteiger partial charge in [0.15, 0.2) is 5.65 Å². The van der Waals surface area contributed by atoms with Crippen LogP contribution >= 0.6 is 0 Å². The van der Waals surface area contributed by atoms with Crippen LogP contribution in [0.1, 0.15) is 29.0 Å². The first-order chi connectivity index (χ1) is 26.1. The average Bonchev–Trinajstić information content (AvgIpc) is 3.70. The number of rotatable bonds is 3. The highest BCUT2D eigenvalue weighted by Crippen LogP contribution is 2.40. The van der Waals surface area contributed by atoms with Crippen LogP contribution in [0.15, 0.2) is 116 Å². The van der Waals surface area contributed by atoms with E-state index >= 15 is 0 Å². The summed E-state index contributed by atoms with van der Waals surface area (Å²) < 4.78 is 79.5. The van der Waals surface area contributed by atoms with Gasteiger partial charge in [0, 0.05) is 34.2 Å². The van der Waals surface area contributed by atoms with Crippen molar-refractivity contribution in [1.29, 1.82) is 0 Å². The fraction of sp³-hybridized carbons (Fsp3) is 0.0750. The van der Waals surface area contributed by atoms with Crippen molar-refractivity contribution >= 4 is 49.4 Å². The predicted molar refractivity (Wildman–Crippen MR) is 187 cm³/mol. The summed E-state index contributed by atoms with van der Waals surface area (Å²) in [7, 11) is 0. The lowest BCUT2D eigenvalue weighted by atomic mass is 9.93. The number of hydrogen-bond donors (Lipinski definition) is 1. The molecule has 5 aromatic carbocycles. The number of para-hydroxylation sites is 2. The fourth-order valence-electron chi connectivity index (χ4n) is 6.66. The van der Waals surface area contributed by atoms with Gasteiger partial charge in [-0.1, -0.05) is 66.7 Å². The predicted octanol–water partition coefficient (Wildman–Crippen LogP) is 9.49. The molecule has 0 radical (unpaired) electrons. The van der Waals surface area contributed by atoms with E-state index in [-0.39, 0.29) is 50.4 Å². The van der Waals surface area contributed by atoms with Gasteiger partial charge in [-0.3, -0.25) is 8.97 Å². The summed E-state index contributed by atoms with van der Waals surface area (Å²) in [5.74, 6) is 0.250. The Morgan fingerprint density at radius 2 is 1.41 bits per heavy atom. The third-order valence-corrected chi connectivity index (χ3v) is 8.63. The first kappa shape index (κ1) is 18.7. The van der Waals surface area contributed by atoms with Gasteiger partial charge in [-0.2, -0.15) is 0 Å². The minimum atomic E-state index is -2.70. The van der Waals surface area contributed by atoms with Gasteiger partial charge >= 0.3 is 0 Å². The quantitative estimate of drug-likeness (QED) is 0.218. The molecular formula is C40H29N5O. The number of aryl methyl sites for hydroxylation is 3. The van der Waals surface area contributed by atoms with E-state index < -0.39 is 20.6 Å². The molecule has 0 atom stereocenters. The molecule has 0 saturated heterocycles. The van der Waals surface area contributed by atoms with Crippen molar-refractivity contribution in [2.24, 2.45) is 0 Å². The number of nitrogens with zero attached hydrogens (tertiary/aromatic N) is 5. The molecule has 0 aliphatic rings. The molecule has 6 heteroatoms. The summed E-state index contributed by atoms with van der Waals surface area (Å²) >= 11 is 0. The van der Waals surface area contributed by atoms with Crippen LogP contribution in [0.25, 0.3) is 77.6 Å². The van der Waals surface area contributed by atoms with Crippen molar-refractivity contribution in [1.82, 2.24) is 23.9 Å². The van der Waals surface area contributed by atoms with Gasteiger partial charge in [0.1, 0.15) is 17.9 Å². The second-order valence-electron chi connectivity index (χ2n) is 11.3. The van der Waals surface area contributed by atoms with Crippen molar-refractivity contribution in [3.05, 3.63) is 132 Å². The van der Waals surface area contributed by atoms with E-state index in [9.17, 15) is 5.11 Å². The van der Waals surface area contributed by atoms with Crippen LogP contribution in [0.5, 0.6) is 5.75 Å². The first-order valence-corrected chi connectivity index (χ1v) is 14.7. The monoisotopic (exact) mass is 604 g/mol. The zero-order valence-corrected chi connectivity index (χ0v) is 24.2. The second kappa shape index (κ2) is 9.74. The Labute approximate surface area is 277 Å². The van der Waals surface area contributed by atoms with Crippen LogP contribution in [-0.2, 0) is 0 Å². The smallest absolute Gasteiger partial charge is 0.152 e. The first-order valence-electron chi connectivity index (χ1n) is 19.2. The topological polar surface area (TPSA) is 68.2 Å². The Morgan fingerprint density at radius 3 is 2.15 bits per heavy atom. The van der Waals surface area contributed by atoms with Crippen LogP contribution < -0.4 is 0 Å². The zero-order chi connectivity index (χ0) is 38.6. The summed E-state index contributed by atoms with van der Waals surface area (Å²) in [5.41, 5.74) is 3.48. The maximum absolute atomic E-state index is 11.1. The molecule has 0 spiro atoms. The molecule has 0 amide bonds. The third-order valence-electron chi connectivity index (χ3n) is 8.63. The number of aromatic hydroxyl groups is 1. The number of pyridine rings is 1. The summed E-state index contributed by atoms with van der Waals surface area (Å²) in [6.45, 7) is -7.93. The Kier molecular flexibility index (Phi) is 3.97. The molecule has 46 heavy (non-hydrogen) atoms. The zero-order valence-electron chi connectivity index (χ0n) is 33.2. The Balaban J connectivity index is 1.43. The van der Waals surface area contributed by atoms with Gasteiger partial charge in [-0.05, 0) is 85.3 Å². The number of imidazole rings is 1. The van der Waals surface area contributed by atoms with E-state index in [1.807, 2.05) is 53.1 Å². The molecule has 9 aromatic rings. The fourth-order valence-corrected chi connectivity index (χ4v) is 6.66. The van der Waals surface area contributed by atoms with Crippen molar-refractivity contribution in [3.8, 4) is 34.0 Å². The van der Waals surface area contributed by atoms with E-state index in [4.69, 9.17) is 22.3 Å². The minimum Gasteiger partial charge on any atom is -0.507 e. The van der Waals surface area contributed by atoms with E-state index in [1.165, 1.54) is 36.7 Å². The number of phenols is 1. The van der Waals surface area contributed by atoms with Crippen LogP contribution in [0.3, 0.4) is 0 Å². The van der Waals surface area contributed by atoms with Crippen molar-refractivity contribution in [2.75, 3.05) is 0 Å². The van der Waals surface area contributed by atoms with Crippen LogP contribution in [0.4, 0.5) is 0 Å². The molecule has 1 N–H and O–H groups in total. The maximum Gasteiger partial charge on any atom is 0.152 e. The molecule has 0 aliphatic carbocycles. The normalized spacial score (nSPS) is 15.6. The van der Waals surface area contributed by atoms with Gasteiger partial charge in [-0.25, -0.2) is 15.0 Å². The van der Waals surface area contributed by atoms with E-state index in [0.717, 1.165) is 21.8 Å². The number of benzene rings is 5. The molecule has 9 rings (SSSR count). The van der Waals surface area contributed by atoms with Gasteiger partial charge < -0.3 is 5.11 Å². The number of hydrogen-bond acceptors (Lipinski definition) is 4. The molecule has 4 aromatic heterocycles. The molecule has 6 nitrogen and oxygen atoms in total. The lowest BCUT2D eigenvalue weighted by Crippen LogP contribution is -2.00. The molecule has 0 saturated carbocycles. The molecule has 220 valence electrons. The maximum atomic E-state index is 11.1. The van der Waals surface area contributed by atoms with Gasteiger partial charge in [0.05, 0.1) is 38.7 Å². The van der Waals surface area contributed by atoms with E-state index in [1.54, 1.807) is 34.7 Å². The van der Waals surface area contributed by atoms with Crippen molar-refractivity contribution in [3.63, 3.8) is 0 Å². The third kappa shape index (κ3) is 3.73. The number of phenolic OH excluding ortho intramolecular Hbond substituents is 1. The number of aromatic nitrogens is 5. The van der Waals surface area contributed by atoms with Crippen LogP contribution in [0, 0.1) is 20.6 Å². The van der Waals surface area contributed by atoms with E-state index in [0.29, 0.717) is 27.8 Å².